The number of hydrogen-bond acceptors (Lipinski definition) is 3. The van der Waals surface area contributed by atoms with Gasteiger partial charge in [0.25, 0.3) is 0 Å². The number of nitrogens with zero attached hydrogens (tertiary/aromatic N) is 5. The van der Waals surface area contributed by atoms with E-state index in [1.54, 1.807) is 0 Å². The molecule has 0 bridgehead atoms. The SMILES string of the molecule is c1ccc(-c2ccc(-c3nc(-c4ccccc4)nc(-n4c5ccccc5c5c6c7c8ccccc8c8ccccc8c7n(-c7cccc(-c8ccccc8)c7)c6ccc54)n3)cc2)cc1. The van der Waals surface area contributed by atoms with Crippen LogP contribution in [0.25, 0.3) is 122 Å². The Morgan fingerprint density at radius 2 is 0.734 bits per heavy atom. The van der Waals surface area contributed by atoms with Crippen molar-refractivity contribution in [3.8, 4) is 56.7 Å². The molecule has 0 amide bonds. The predicted octanol–water partition coefficient (Wildman–Crippen LogP) is 15.0. The highest BCUT2D eigenvalue weighted by Crippen LogP contribution is 2.47. The molecule has 0 aliphatic rings. The summed E-state index contributed by atoms with van der Waals surface area (Å²) in [6.45, 7) is 0. The molecule has 5 nitrogen and oxygen atoms in total. The van der Waals surface area contributed by atoms with Gasteiger partial charge in [-0.15, -0.1) is 0 Å². The van der Waals surface area contributed by atoms with Gasteiger partial charge in [0.2, 0.25) is 5.95 Å². The van der Waals surface area contributed by atoms with Crippen LogP contribution in [0.2, 0.25) is 0 Å². The molecule has 13 rings (SSSR count). The lowest BCUT2D eigenvalue weighted by Crippen LogP contribution is -2.06. The van der Waals surface area contributed by atoms with Gasteiger partial charge in [-0.05, 0) is 68.7 Å². The van der Waals surface area contributed by atoms with Crippen molar-refractivity contribution in [2.24, 2.45) is 0 Å². The molecule has 0 radical (unpaired) electrons. The second-order valence-corrected chi connectivity index (χ2v) is 16.4. The molecule has 298 valence electrons. The largest absolute Gasteiger partial charge is 0.309 e. The predicted molar refractivity (Wildman–Crippen MR) is 265 cm³/mol. The van der Waals surface area contributed by atoms with Crippen LogP contribution in [0, 0.1) is 0 Å². The molecular formula is C59H37N5. The minimum atomic E-state index is 0.566. The van der Waals surface area contributed by atoms with E-state index < -0.39 is 0 Å². The number of para-hydroxylation sites is 1. The van der Waals surface area contributed by atoms with Crippen LogP contribution in [-0.2, 0) is 0 Å². The van der Waals surface area contributed by atoms with Crippen LogP contribution in [0.1, 0.15) is 0 Å². The third-order valence-electron chi connectivity index (χ3n) is 12.8. The highest BCUT2D eigenvalue weighted by Gasteiger charge is 2.25. The van der Waals surface area contributed by atoms with E-state index in [4.69, 9.17) is 15.0 Å². The Bertz CT molecular complexity index is 3930. The first-order valence-corrected chi connectivity index (χ1v) is 21.7. The number of fused-ring (bicyclic) bond motifs is 12. The molecule has 0 atom stereocenters. The minimum absolute atomic E-state index is 0.566. The summed E-state index contributed by atoms with van der Waals surface area (Å²) in [6.07, 6.45) is 0. The summed E-state index contributed by atoms with van der Waals surface area (Å²) in [5, 5.41) is 9.61. The van der Waals surface area contributed by atoms with Gasteiger partial charge in [-0.1, -0.05) is 194 Å². The van der Waals surface area contributed by atoms with Gasteiger partial charge in [-0.2, -0.15) is 9.97 Å². The highest BCUT2D eigenvalue weighted by molar-refractivity contribution is 6.38. The Labute approximate surface area is 368 Å². The van der Waals surface area contributed by atoms with Gasteiger partial charge < -0.3 is 4.57 Å². The molecule has 0 aliphatic heterocycles. The molecule has 13 aromatic rings. The summed E-state index contributed by atoms with van der Waals surface area (Å²) < 4.78 is 4.73. The molecular weight excluding hydrogens is 779 g/mol. The van der Waals surface area contributed by atoms with Crippen LogP contribution in [0.15, 0.2) is 224 Å². The molecule has 3 aromatic heterocycles. The lowest BCUT2D eigenvalue weighted by Gasteiger charge is -2.13. The Hall–Kier alpha value is -8.67. The van der Waals surface area contributed by atoms with E-state index in [-0.39, 0.29) is 0 Å². The van der Waals surface area contributed by atoms with E-state index in [1.165, 1.54) is 49.0 Å². The van der Waals surface area contributed by atoms with E-state index in [0.29, 0.717) is 17.6 Å². The van der Waals surface area contributed by atoms with Crippen molar-refractivity contribution in [1.29, 1.82) is 0 Å². The van der Waals surface area contributed by atoms with E-state index >= 15 is 0 Å². The standard InChI is InChI=1S/C59H37N5/c1-4-17-38(18-5-1)40-31-33-42(34-32-40)58-60-57(41-21-8-3-9-22-41)61-59(62-58)64-50-30-15-14-29-49(50)53-51(64)35-36-52-55(53)54-47-27-12-10-25-45(47)46-26-11-13-28-48(46)56(54)63(52)44-24-16-23-43(37-44)39-19-6-2-7-20-39/h1-37H. The average molecular weight is 816 g/mol. The Morgan fingerprint density at radius 3 is 1.41 bits per heavy atom. The molecule has 0 saturated carbocycles. The number of benzene rings is 10. The molecule has 64 heavy (non-hydrogen) atoms. The summed E-state index contributed by atoms with van der Waals surface area (Å²) in [5.41, 5.74) is 12.0. The van der Waals surface area contributed by atoms with Gasteiger partial charge in [0, 0.05) is 43.7 Å². The average Bonchev–Trinajstić information content (AvgIpc) is 3.91. The molecule has 0 spiro atoms. The van der Waals surface area contributed by atoms with Crippen molar-refractivity contribution in [2.45, 2.75) is 0 Å². The molecule has 3 heterocycles. The van der Waals surface area contributed by atoms with Crippen molar-refractivity contribution in [1.82, 2.24) is 24.1 Å². The van der Waals surface area contributed by atoms with Crippen LogP contribution < -0.4 is 0 Å². The second kappa shape index (κ2) is 14.5. The number of aromatic nitrogens is 5. The Kier molecular flexibility index (Phi) is 8.15. The Balaban J connectivity index is 1.14. The molecule has 0 fully saturated rings. The van der Waals surface area contributed by atoms with Crippen molar-refractivity contribution in [2.75, 3.05) is 0 Å². The maximum Gasteiger partial charge on any atom is 0.238 e. The number of rotatable bonds is 6. The molecule has 0 unspecified atom stereocenters. The lowest BCUT2D eigenvalue weighted by atomic mass is 9.95. The summed E-state index contributed by atoms with van der Waals surface area (Å²) in [6, 6.07) is 79.8. The van der Waals surface area contributed by atoms with E-state index in [0.717, 1.165) is 55.3 Å². The van der Waals surface area contributed by atoms with Crippen LogP contribution in [-0.4, -0.2) is 24.1 Å². The first-order valence-electron chi connectivity index (χ1n) is 21.7. The highest BCUT2D eigenvalue weighted by atomic mass is 15.2. The molecule has 10 aromatic carbocycles. The van der Waals surface area contributed by atoms with Gasteiger partial charge in [0.15, 0.2) is 11.6 Å². The second-order valence-electron chi connectivity index (χ2n) is 16.4. The van der Waals surface area contributed by atoms with Crippen molar-refractivity contribution < 1.29 is 0 Å². The molecule has 0 N–H and O–H groups in total. The summed E-state index contributed by atoms with van der Waals surface area (Å²) in [5.74, 6) is 1.80. The Morgan fingerprint density at radius 1 is 0.266 bits per heavy atom. The molecule has 0 aliphatic carbocycles. The van der Waals surface area contributed by atoms with Crippen molar-refractivity contribution in [3.05, 3.63) is 224 Å². The van der Waals surface area contributed by atoms with Gasteiger partial charge in [0.1, 0.15) is 0 Å². The van der Waals surface area contributed by atoms with Crippen LogP contribution in [0.4, 0.5) is 0 Å². The van der Waals surface area contributed by atoms with E-state index in [1.807, 2.05) is 24.3 Å². The monoisotopic (exact) mass is 815 g/mol. The first kappa shape index (κ1) is 36.0. The zero-order valence-corrected chi connectivity index (χ0v) is 34.6. The summed E-state index contributed by atoms with van der Waals surface area (Å²) in [7, 11) is 0. The third kappa shape index (κ3) is 5.61. The van der Waals surface area contributed by atoms with Crippen LogP contribution in [0.5, 0.6) is 0 Å². The maximum atomic E-state index is 5.33. The van der Waals surface area contributed by atoms with Crippen molar-refractivity contribution >= 4 is 65.2 Å². The third-order valence-corrected chi connectivity index (χ3v) is 12.8. The van der Waals surface area contributed by atoms with Gasteiger partial charge >= 0.3 is 0 Å². The summed E-state index contributed by atoms with van der Waals surface area (Å²) >= 11 is 0. The fourth-order valence-electron chi connectivity index (χ4n) is 9.91. The van der Waals surface area contributed by atoms with Crippen LogP contribution >= 0.6 is 0 Å². The zero-order chi connectivity index (χ0) is 42.1. The maximum absolute atomic E-state index is 5.33. The smallest absolute Gasteiger partial charge is 0.238 e. The molecule has 0 saturated heterocycles. The lowest BCUT2D eigenvalue weighted by molar-refractivity contribution is 0.953. The van der Waals surface area contributed by atoms with Crippen molar-refractivity contribution in [3.63, 3.8) is 0 Å². The first-order chi connectivity index (χ1) is 31.8. The normalized spacial score (nSPS) is 11.8. The van der Waals surface area contributed by atoms with Gasteiger partial charge in [-0.3, -0.25) is 4.57 Å². The number of hydrogen-bond donors (Lipinski definition) is 0. The quantitative estimate of drug-likeness (QED) is 0.157. The zero-order valence-electron chi connectivity index (χ0n) is 34.6. The van der Waals surface area contributed by atoms with Gasteiger partial charge in [-0.25, -0.2) is 4.98 Å². The van der Waals surface area contributed by atoms with E-state index in [9.17, 15) is 0 Å². The van der Waals surface area contributed by atoms with E-state index in [2.05, 4.69) is 209 Å². The van der Waals surface area contributed by atoms with Crippen LogP contribution in [0.3, 0.4) is 0 Å². The topological polar surface area (TPSA) is 48.5 Å². The fraction of sp³-hybridized carbons (Fsp3) is 0. The molecule has 5 heteroatoms. The summed E-state index contributed by atoms with van der Waals surface area (Å²) in [4.78, 5) is 15.8. The fourth-order valence-corrected chi connectivity index (χ4v) is 9.91. The minimum Gasteiger partial charge on any atom is -0.309 e. The van der Waals surface area contributed by atoms with Gasteiger partial charge in [0.05, 0.1) is 22.1 Å².